The number of hydrogen-bond acceptors (Lipinski definition) is 5. The normalized spacial score (nSPS) is 12.2. The highest BCUT2D eigenvalue weighted by atomic mass is 32.1. The topological polar surface area (TPSA) is 56.5 Å². The van der Waals surface area contributed by atoms with Crippen molar-refractivity contribution < 1.29 is 9.47 Å². The third kappa shape index (κ3) is 3.23. The van der Waals surface area contributed by atoms with Gasteiger partial charge in [0.05, 0.1) is 14.2 Å². The molecular weight excluding hydrogens is 272 g/mol. The van der Waals surface area contributed by atoms with E-state index in [0.717, 1.165) is 34.2 Å². The van der Waals surface area contributed by atoms with E-state index in [1.165, 1.54) is 0 Å². The van der Waals surface area contributed by atoms with Gasteiger partial charge in [-0.05, 0) is 36.6 Å². The van der Waals surface area contributed by atoms with E-state index in [4.69, 9.17) is 15.2 Å². The first-order chi connectivity index (χ1) is 9.65. The van der Waals surface area contributed by atoms with E-state index in [0.29, 0.717) is 0 Å². The minimum Gasteiger partial charge on any atom is -0.497 e. The van der Waals surface area contributed by atoms with Crippen LogP contribution in [0.5, 0.6) is 11.5 Å². The summed E-state index contributed by atoms with van der Waals surface area (Å²) in [6.07, 6.45) is 0. The van der Waals surface area contributed by atoms with Gasteiger partial charge in [-0.15, -0.1) is 11.3 Å². The number of hydrogen-bond donors (Lipinski definition) is 2. The molecule has 1 aromatic heterocycles. The van der Waals surface area contributed by atoms with Crippen molar-refractivity contribution in [2.24, 2.45) is 0 Å². The largest absolute Gasteiger partial charge is 0.497 e. The van der Waals surface area contributed by atoms with Crippen molar-refractivity contribution in [3.63, 3.8) is 0 Å². The van der Waals surface area contributed by atoms with E-state index in [2.05, 4.69) is 12.2 Å². The zero-order chi connectivity index (χ0) is 14.5. The van der Waals surface area contributed by atoms with Crippen LogP contribution in [0, 0.1) is 0 Å². The monoisotopic (exact) mass is 292 g/mol. The molecule has 0 saturated heterocycles. The quantitative estimate of drug-likeness (QED) is 0.858. The summed E-state index contributed by atoms with van der Waals surface area (Å²) < 4.78 is 10.7. The molecule has 2 aromatic rings. The van der Waals surface area contributed by atoms with E-state index in [1.54, 1.807) is 25.6 Å². The lowest BCUT2D eigenvalue weighted by atomic mass is 10.1. The number of thiophene rings is 1. The number of nitrogens with two attached hydrogens (primary N) is 1. The van der Waals surface area contributed by atoms with Gasteiger partial charge in [0.2, 0.25) is 0 Å². The molecule has 4 nitrogen and oxygen atoms in total. The van der Waals surface area contributed by atoms with Crippen LogP contribution in [0.4, 0.5) is 5.69 Å². The van der Waals surface area contributed by atoms with Gasteiger partial charge in [-0.3, -0.25) is 0 Å². The Kier molecular flexibility index (Phi) is 4.87. The summed E-state index contributed by atoms with van der Waals surface area (Å²) in [6, 6.07) is 7.88. The summed E-state index contributed by atoms with van der Waals surface area (Å²) in [5, 5.41) is 5.47. The van der Waals surface area contributed by atoms with E-state index >= 15 is 0 Å². The SMILES string of the molecule is COc1ccc(OC)c(C(C)NCc2sccc2N)c1. The Bertz CT molecular complexity index is 569. The van der Waals surface area contributed by atoms with Crippen molar-refractivity contribution >= 4 is 17.0 Å². The first-order valence-electron chi connectivity index (χ1n) is 6.43. The van der Waals surface area contributed by atoms with Crippen LogP contribution in [0.25, 0.3) is 0 Å². The first-order valence-corrected chi connectivity index (χ1v) is 7.30. The Labute approximate surface area is 123 Å². The van der Waals surface area contributed by atoms with Gasteiger partial charge in [0.15, 0.2) is 0 Å². The second kappa shape index (κ2) is 6.63. The van der Waals surface area contributed by atoms with Crippen molar-refractivity contribution in [2.45, 2.75) is 19.5 Å². The molecule has 0 aliphatic rings. The van der Waals surface area contributed by atoms with Crippen molar-refractivity contribution in [2.75, 3.05) is 20.0 Å². The second-order valence-corrected chi connectivity index (χ2v) is 5.51. The maximum atomic E-state index is 5.89. The average Bonchev–Trinajstić information content (AvgIpc) is 2.89. The molecule has 0 aliphatic heterocycles. The van der Waals surface area contributed by atoms with Crippen LogP contribution in [0.3, 0.4) is 0 Å². The minimum absolute atomic E-state index is 0.140. The molecule has 20 heavy (non-hydrogen) atoms. The highest BCUT2D eigenvalue weighted by Crippen LogP contribution is 2.29. The zero-order valence-corrected chi connectivity index (χ0v) is 12.8. The van der Waals surface area contributed by atoms with Crippen molar-refractivity contribution in [1.29, 1.82) is 0 Å². The lowest BCUT2D eigenvalue weighted by molar-refractivity contribution is 0.391. The number of nitrogens with one attached hydrogen (secondary N) is 1. The maximum Gasteiger partial charge on any atom is 0.123 e. The molecule has 1 unspecified atom stereocenters. The molecular formula is C15H20N2O2S. The molecule has 0 spiro atoms. The van der Waals surface area contributed by atoms with Crippen LogP contribution in [-0.2, 0) is 6.54 Å². The molecule has 0 bridgehead atoms. The number of nitrogen functional groups attached to an aromatic ring is 1. The molecule has 1 heterocycles. The molecule has 0 amide bonds. The molecule has 2 rings (SSSR count). The van der Waals surface area contributed by atoms with Crippen molar-refractivity contribution in [1.82, 2.24) is 5.32 Å². The molecule has 0 saturated carbocycles. The molecule has 0 aliphatic carbocycles. The predicted octanol–water partition coefficient (Wildman–Crippen LogP) is 3.20. The van der Waals surface area contributed by atoms with Crippen molar-refractivity contribution in [3.05, 3.63) is 40.1 Å². The summed E-state index contributed by atoms with van der Waals surface area (Å²) in [4.78, 5) is 1.15. The fourth-order valence-corrected chi connectivity index (χ4v) is 2.78. The summed E-state index contributed by atoms with van der Waals surface area (Å²) in [6.45, 7) is 2.84. The van der Waals surface area contributed by atoms with Gasteiger partial charge in [-0.2, -0.15) is 0 Å². The Morgan fingerprint density at radius 3 is 2.65 bits per heavy atom. The van der Waals surface area contributed by atoms with E-state index < -0.39 is 0 Å². The Balaban J connectivity index is 2.11. The van der Waals surface area contributed by atoms with Crippen LogP contribution in [0.1, 0.15) is 23.4 Å². The van der Waals surface area contributed by atoms with Crippen LogP contribution >= 0.6 is 11.3 Å². The van der Waals surface area contributed by atoms with Gasteiger partial charge in [-0.25, -0.2) is 0 Å². The van der Waals surface area contributed by atoms with Gasteiger partial charge < -0.3 is 20.5 Å². The first kappa shape index (κ1) is 14.7. The smallest absolute Gasteiger partial charge is 0.123 e. The maximum absolute atomic E-state index is 5.89. The molecule has 0 radical (unpaired) electrons. The standard InChI is InChI=1S/C15H20N2O2S/c1-10(17-9-15-13(16)6-7-20-15)12-8-11(18-2)4-5-14(12)19-3/h4-8,10,17H,9,16H2,1-3H3. The highest BCUT2D eigenvalue weighted by molar-refractivity contribution is 7.10. The van der Waals surface area contributed by atoms with Gasteiger partial charge >= 0.3 is 0 Å². The van der Waals surface area contributed by atoms with Gasteiger partial charge in [0, 0.05) is 28.7 Å². The zero-order valence-electron chi connectivity index (χ0n) is 12.0. The molecule has 5 heteroatoms. The summed E-state index contributed by atoms with van der Waals surface area (Å²) >= 11 is 1.66. The van der Waals surface area contributed by atoms with E-state index in [-0.39, 0.29) is 6.04 Å². The third-order valence-electron chi connectivity index (χ3n) is 3.25. The van der Waals surface area contributed by atoms with Gasteiger partial charge in [0.25, 0.3) is 0 Å². The number of rotatable bonds is 6. The number of anilines is 1. The van der Waals surface area contributed by atoms with Crippen LogP contribution in [0.15, 0.2) is 29.6 Å². The number of methoxy groups -OCH3 is 2. The van der Waals surface area contributed by atoms with Crippen LogP contribution in [0.2, 0.25) is 0 Å². The second-order valence-electron chi connectivity index (χ2n) is 4.51. The third-order valence-corrected chi connectivity index (χ3v) is 4.19. The molecule has 0 fully saturated rings. The lowest BCUT2D eigenvalue weighted by Gasteiger charge is -2.18. The van der Waals surface area contributed by atoms with Gasteiger partial charge in [-0.1, -0.05) is 0 Å². The fourth-order valence-electron chi connectivity index (χ4n) is 2.03. The fraction of sp³-hybridized carbons (Fsp3) is 0.333. The molecule has 1 aromatic carbocycles. The van der Waals surface area contributed by atoms with Gasteiger partial charge in [0.1, 0.15) is 11.5 Å². The predicted molar refractivity (Wildman–Crippen MR) is 83.5 cm³/mol. The number of benzene rings is 1. The Morgan fingerprint density at radius 1 is 1.25 bits per heavy atom. The Hall–Kier alpha value is -1.72. The molecule has 3 N–H and O–H groups in total. The van der Waals surface area contributed by atoms with E-state index in [1.807, 2.05) is 29.6 Å². The summed E-state index contributed by atoms with van der Waals surface area (Å²) in [5.74, 6) is 1.68. The molecule has 1 atom stereocenters. The van der Waals surface area contributed by atoms with Crippen LogP contribution in [-0.4, -0.2) is 14.2 Å². The summed E-state index contributed by atoms with van der Waals surface area (Å²) in [5.41, 5.74) is 7.80. The Morgan fingerprint density at radius 2 is 2.05 bits per heavy atom. The summed E-state index contributed by atoms with van der Waals surface area (Å²) in [7, 11) is 3.34. The lowest BCUT2D eigenvalue weighted by Crippen LogP contribution is -2.18. The van der Waals surface area contributed by atoms with Crippen LogP contribution < -0.4 is 20.5 Å². The highest BCUT2D eigenvalue weighted by Gasteiger charge is 2.13. The van der Waals surface area contributed by atoms with Crippen molar-refractivity contribution in [3.8, 4) is 11.5 Å². The average molecular weight is 292 g/mol. The van der Waals surface area contributed by atoms with E-state index in [9.17, 15) is 0 Å². The molecule has 108 valence electrons. The minimum atomic E-state index is 0.140. The number of ether oxygens (including phenoxy) is 2.